The molecule has 2 heterocycles. The van der Waals surface area contributed by atoms with Crippen molar-refractivity contribution in [1.29, 1.82) is 0 Å². The molecule has 2 aromatic rings. The fourth-order valence-electron chi connectivity index (χ4n) is 5.12. The molecule has 2 aliphatic heterocycles. The lowest BCUT2D eigenvalue weighted by Crippen LogP contribution is -2.48. The highest BCUT2D eigenvalue weighted by molar-refractivity contribution is 5.98. The number of para-hydroxylation sites is 1. The van der Waals surface area contributed by atoms with E-state index in [-0.39, 0.29) is 35.3 Å². The van der Waals surface area contributed by atoms with Crippen LogP contribution >= 0.6 is 0 Å². The molecule has 2 unspecified atom stereocenters. The van der Waals surface area contributed by atoms with E-state index >= 15 is 0 Å². The van der Waals surface area contributed by atoms with E-state index in [2.05, 4.69) is 34.7 Å². The number of ether oxygens (including phenoxy) is 1. The lowest BCUT2D eigenvalue weighted by molar-refractivity contribution is -0.121. The van der Waals surface area contributed by atoms with Crippen molar-refractivity contribution in [3.8, 4) is 5.75 Å². The zero-order valence-electron chi connectivity index (χ0n) is 20.9. The van der Waals surface area contributed by atoms with Gasteiger partial charge in [-0.05, 0) is 61.4 Å². The smallest absolute Gasteiger partial charge is 0.251 e. The van der Waals surface area contributed by atoms with Crippen LogP contribution in [0, 0.1) is 5.92 Å². The number of hydrogen-bond acceptors (Lipinski definition) is 5. The molecule has 3 aliphatic rings. The Kier molecular flexibility index (Phi) is 7.43. The Morgan fingerprint density at radius 2 is 1.91 bits per heavy atom. The van der Waals surface area contributed by atoms with Crippen molar-refractivity contribution in [1.82, 2.24) is 10.6 Å². The Bertz CT molecular complexity index is 1120. The summed E-state index contributed by atoms with van der Waals surface area (Å²) >= 11 is 0. The summed E-state index contributed by atoms with van der Waals surface area (Å²) in [6.07, 6.45) is 5.61. The second kappa shape index (κ2) is 10.5. The Labute approximate surface area is 207 Å². The molecule has 7 nitrogen and oxygen atoms in total. The summed E-state index contributed by atoms with van der Waals surface area (Å²) in [7, 11) is 0. The first-order chi connectivity index (χ1) is 16.8. The lowest BCUT2D eigenvalue weighted by Gasteiger charge is -2.32. The lowest BCUT2D eigenvalue weighted by atomic mass is 9.88. The maximum atomic E-state index is 12.7. The van der Waals surface area contributed by atoms with Crippen LogP contribution in [0.5, 0.6) is 5.75 Å². The number of guanidine groups is 1. The Hall–Kier alpha value is -3.35. The van der Waals surface area contributed by atoms with Crippen molar-refractivity contribution in [2.45, 2.75) is 70.9 Å². The SMILES string of the molecule is CC1COc2ccccc2C1NC(=O)c1ccc2c(c1)CCC2.CCC1(CC)CC(=O)NC(N)=N1. The van der Waals surface area contributed by atoms with Crippen molar-refractivity contribution < 1.29 is 14.3 Å². The average molecular weight is 477 g/mol. The first kappa shape index (κ1) is 24.8. The highest BCUT2D eigenvalue weighted by atomic mass is 16.5. The molecule has 35 heavy (non-hydrogen) atoms. The number of rotatable bonds is 4. The van der Waals surface area contributed by atoms with Gasteiger partial charge in [0, 0.05) is 17.0 Å². The third-order valence-electron chi connectivity index (χ3n) is 7.40. The van der Waals surface area contributed by atoms with Gasteiger partial charge in [-0.25, -0.2) is 4.99 Å². The van der Waals surface area contributed by atoms with Gasteiger partial charge in [-0.1, -0.05) is 45.0 Å². The summed E-state index contributed by atoms with van der Waals surface area (Å²) in [5.74, 6) is 1.38. The number of carbonyl (C=O) groups excluding carboxylic acids is 2. The van der Waals surface area contributed by atoms with Gasteiger partial charge < -0.3 is 15.8 Å². The summed E-state index contributed by atoms with van der Waals surface area (Å²) in [4.78, 5) is 28.1. The number of amides is 2. The number of fused-ring (bicyclic) bond motifs is 2. The van der Waals surface area contributed by atoms with Gasteiger partial charge in [-0.15, -0.1) is 0 Å². The number of nitrogens with two attached hydrogens (primary N) is 1. The number of benzene rings is 2. The molecule has 5 rings (SSSR count). The molecule has 0 spiro atoms. The van der Waals surface area contributed by atoms with E-state index in [1.165, 1.54) is 17.5 Å². The van der Waals surface area contributed by atoms with Crippen LogP contribution in [0.25, 0.3) is 0 Å². The number of nitrogens with zero attached hydrogens (tertiary/aromatic N) is 1. The van der Waals surface area contributed by atoms with Crippen LogP contribution in [-0.4, -0.2) is 29.9 Å². The van der Waals surface area contributed by atoms with E-state index in [1.54, 1.807) is 0 Å². The third kappa shape index (κ3) is 5.50. The molecule has 186 valence electrons. The summed E-state index contributed by atoms with van der Waals surface area (Å²) in [5.41, 5.74) is 9.79. The van der Waals surface area contributed by atoms with Crippen molar-refractivity contribution in [2.75, 3.05) is 6.61 Å². The molecule has 2 atom stereocenters. The van der Waals surface area contributed by atoms with Crippen LogP contribution in [0.2, 0.25) is 0 Å². The molecule has 4 N–H and O–H groups in total. The molecular weight excluding hydrogens is 440 g/mol. The predicted octanol–water partition coefficient (Wildman–Crippen LogP) is 4.05. The van der Waals surface area contributed by atoms with Gasteiger partial charge in [0.15, 0.2) is 5.96 Å². The molecule has 2 amide bonds. The molecule has 0 aromatic heterocycles. The van der Waals surface area contributed by atoms with E-state index in [0.717, 1.165) is 42.6 Å². The fraction of sp³-hybridized carbons (Fsp3) is 0.464. The molecule has 0 saturated carbocycles. The Balaban J connectivity index is 0.000000204. The monoisotopic (exact) mass is 476 g/mol. The van der Waals surface area contributed by atoms with Crippen LogP contribution in [0.1, 0.15) is 79.5 Å². The molecule has 2 aromatic carbocycles. The topological polar surface area (TPSA) is 106 Å². The predicted molar refractivity (Wildman–Crippen MR) is 137 cm³/mol. The first-order valence-electron chi connectivity index (χ1n) is 12.6. The highest BCUT2D eigenvalue weighted by Crippen LogP contribution is 2.35. The number of carbonyl (C=O) groups is 2. The molecule has 1 aliphatic carbocycles. The zero-order chi connectivity index (χ0) is 25.0. The van der Waals surface area contributed by atoms with E-state index in [1.807, 2.05) is 44.2 Å². The molecule has 0 bridgehead atoms. The van der Waals surface area contributed by atoms with E-state index < -0.39 is 0 Å². The maximum absolute atomic E-state index is 12.7. The second-order valence-electron chi connectivity index (χ2n) is 9.77. The fourth-order valence-corrected chi connectivity index (χ4v) is 5.12. The number of aliphatic imine (C=N–C) groups is 1. The van der Waals surface area contributed by atoms with Crippen LogP contribution in [0.15, 0.2) is 47.5 Å². The van der Waals surface area contributed by atoms with Gasteiger partial charge in [-0.2, -0.15) is 0 Å². The minimum atomic E-state index is -0.244. The van der Waals surface area contributed by atoms with Gasteiger partial charge in [0.2, 0.25) is 5.91 Å². The standard InChI is InChI=1S/C20H21NO2.C8H15N3O/c1-13-12-23-18-8-3-2-7-17(18)19(13)21-20(22)16-10-9-14-5-4-6-15(14)11-16;1-3-8(4-2)5-6(12)10-7(9)11-8/h2-3,7-11,13,19H,4-6,12H2,1H3,(H,21,22);3-5H2,1-2H3,(H3,9,10,11,12). The molecule has 7 heteroatoms. The van der Waals surface area contributed by atoms with Crippen molar-refractivity contribution in [2.24, 2.45) is 16.6 Å². The average Bonchev–Trinajstić information content (AvgIpc) is 3.33. The summed E-state index contributed by atoms with van der Waals surface area (Å²) < 4.78 is 5.76. The van der Waals surface area contributed by atoms with Gasteiger partial charge in [0.25, 0.3) is 5.91 Å². The van der Waals surface area contributed by atoms with Gasteiger partial charge in [0.05, 0.1) is 24.6 Å². The second-order valence-corrected chi connectivity index (χ2v) is 9.77. The molecule has 0 fully saturated rings. The van der Waals surface area contributed by atoms with E-state index in [9.17, 15) is 9.59 Å². The maximum Gasteiger partial charge on any atom is 0.251 e. The summed E-state index contributed by atoms with van der Waals surface area (Å²) in [5, 5.41) is 5.70. The largest absolute Gasteiger partial charge is 0.493 e. The number of hydrogen-bond donors (Lipinski definition) is 3. The van der Waals surface area contributed by atoms with Crippen molar-refractivity contribution >= 4 is 17.8 Å². The molecule has 0 saturated heterocycles. The number of nitrogens with one attached hydrogen (secondary N) is 2. The zero-order valence-corrected chi connectivity index (χ0v) is 20.9. The third-order valence-corrected chi connectivity index (χ3v) is 7.40. The van der Waals surface area contributed by atoms with E-state index in [0.29, 0.717) is 13.0 Å². The van der Waals surface area contributed by atoms with E-state index in [4.69, 9.17) is 10.5 Å². The van der Waals surface area contributed by atoms with Gasteiger partial charge in [-0.3, -0.25) is 14.9 Å². The Morgan fingerprint density at radius 3 is 2.66 bits per heavy atom. The van der Waals surface area contributed by atoms with Crippen LogP contribution < -0.4 is 21.1 Å². The van der Waals surface area contributed by atoms with Gasteiger partial charge in [0.1, 0.15) is 5.75 Å². The number of aryl methyl sites for hydroxylation is 2. The Morgan fingerprint density at radius 1 is 1.17 bits per heavy atom. The van der Waals surface area contributed by atoms with Crippen LogP contribution in [0.4, 0.5) is 0 Å². The summed E-state index contributed by atoms with van der Waals surface area (Å²) in [6, 6.07) is 14.1. The highest BCUT2D eigenvalue weighted by Gasteiger charge is 2.32. The normalized spacial score (nSPS) is 21.8. The van der Waals surface area contributed by atoms with Crippen LogP contribution in [-0.2, 0) is 17.6 Å². The van der Waals surface area contributed by atoms with Crippen molar-refractivity contribution in [3.63, 3.8) is 0 Å². The van der Waals surface area contributed by atoms with Crippen molar-refractivity contribution in [3.05, 3.63) is 64.7 Å². The van der Waals surface area contributed by atoms with Gasteiger partial charge >= 0.3 is 0 Å². The minimum absolute atomic E-state index is 0.000652. The quantitative estimate of drug-likeness (QED) is 0.619. The first-order valence-corrected chi connectivity index (χ1v) is 12.6. The minimum Gasteiger partial charge on any atom is -0.493 e. The summed E-state index contributed by atoms with van der Waals surface area (Å²) in [6.45, 7) is 6.80. The molecule has 0 radical (unpaired) electrons. The molecular formula is C28H36N4O3. The van der Waals surface area contributed by atoms with Crippen LogP contribution in [0.3, 0.4) is 0 Å².